The topological polar surface area (TPSA) is 119 Å². The molecule has 2 rings (SSSR count). The number of aromatic amines is 1. The van der Waals surface area contributed by atoms with Gasteiger partial charge >= 0.3 is 11.7 Å². The van der Waals surface area contributed by atoms with E-state index in [9.17, 15) is 9.59 Å². The molecule has 0 aliphatic rings. The molecular formula is C8H10N6O3S. The third-order valence-corrected chi connectivity index (χ3v) is 2.96. The van der Waals surface area contributed by atoms with E-state index in [1.54, 1.807) is 7.05 Å². The Bertz CT molecular complexity index is 614. The first-order valence-electron chi connectivity index (χ1n) is 4.90. The molecule has 0 unspecified atom stereocenters. The van der Waals surface area contributed by atoms with Crippen molar-refractivity contribution < 1.29 is 9.90 Å². The number of carboxylic acid groups (broad SMARTS) is 1. The first-order chi connectivity index (χ1) is 8.56. The van der Waals surface area contributed by atoms with Crippen molar-refractivity contribution in [1.29, 1.82) is 0 Å². The van der Waals surface area contributed by atoms with Gasteiger partial charge in [0.2, 0.25) is 0 Å². The number of nitrogens with zero attached hydrogens (tertiary/aromatic N) is 5. The van der Waals surface area contributed by atoms with Crippen LogP contribution < -0.4 is 5.69 Å². The van der Waals surface area contributed by atoms with E-state index in [4.69, 9.17) is 5.11 Å². The fraction of sp³-hybridized carbons (Fsp3) is 0.375. The van der Waals surface area contributed by atoms with Gasteiger partial charge in [-0.2, -0.15) is 5.10 Å². The highest BCUT2D eigenvalue weighted by Gasteiger charge is 2.12. The standard InChI is InChI=1S/C8H10N6O3S/c1-13-4-9-5(12-13)2-14-7(17)10-11-8(14)18-3-6(15)16/h4H,2-3H2,1H3,(H,10,17)(H,15,16). The molecule has 0 bridgehead atoms. The summed E-state index contributed by atoms with van der Waals surface area (Å²) < 4.78 is 2.81. The van der Waals surface area contributed by atoms with Gasteiger partial charge in [-0.3, -0.25) is 14.0 Å². The van der Waals surface area contributed by atoms with Crippen LogP contribution >= 0.6 is 11.8 Å². The lowest BCUT2D eigenvalue weighted by atomic mass is 10.6. The summed E-state index contributed by atoms with van der Waals surface area (Å²) in [5, 5.41) is 19.0. The number of H-pyrrole nitrogens is 1. The molecule has 0 fully saturated rings. The lowest BCUT2D eigenvalue weighted by Gasteiger charge is -2.00. The van der Waals surface area contributed by atoms with Gasteiger partial charge in [0, 0.05) is 7.05 Å². The number of carbonyl (C=O) groups is 1. The van der Waals surface area contributed by atoms with E-state index in [0.29, 0.717) is 11.0 Å². The fourth-order valence-electron chi connectivity index (χ4n) is 1.28. The first kappa shape index (κ1) is 12.4. The molecule has 0 aromatic carbocycles. The molecule has 0 spiro atoms. The SMILES string of the molecule is Cn1cnc(Cn2c(SCC(=O)O)n[nH]c2=O)n1. The average molecular weight is 270 g/mol. The Balaban J connectivity index is 2.18. The molecule has 96 valence electrons. The highest BCUT2D eigenvalue weighted by Crippen LogP contribution is 2.13. The van der Waals surface area contributed by atoms with E-state index < -0.39 is 11.7 Å². The molecular weight excluding hydrogens is 260 g/mol. The van der Waals surface area contributed by atoms with Crippen molar-refractivity contribution in [2.45, 2.75) is 11.7 Å². The second-order valence-electron chi connectivity index (χ2n) is 3.41. The molecule has 0 aliphatic heterocycles. The van der Waals surface area contributed by atoms with Crippen molar-refractivity contribution in [3.05, 3.63) is 22.6 Å². The lowest BCUT2D eigenvalue weighted by molar-refractivity contribution is -0.133. The summed E-state index contributed by atoms with van der Waals surface area (Å²) in [5.74, 6) is -0.684. The molecule has 0 aliphatic carbocycles. The van der Waals surface area contributed by atoms with Crippen molar-refractivity contribution >= 4 is 17.7 Å². The van der Waals surface area contributed by atoms with Crippen LogP contribution in [0.4, 0.5) is 0 Å². The van der Waals surface area contributed by atoms with E-state index >= 15 is 0 Å². The Morgan fingerprint density at radius 2 is 2.39 bits per heavy atom. The Labute approximate surface area is 105 Å². The molecule has 0 radical (unpaired) electrons. The maximum absolute atomic E-state index is 11.5. The smallest absolute Gasteiger partial charge is 0.344 e. The van der Waals surface area contributed by atoms with Crippen LogP contribution in [-0.2, 0) is 18.4 Å². The summed E-state index contributed by atoms with van der Waals surface area (Å²) in [7, 11) is 1.72. The van der Waals surface area contributed by atoms with E-state index in [1.165, 1.54) is 15.6 Å². The third-order valence-electron chi connectivity index (χ3n) is 1.99. The summed E-state index contributed by atoms with van der Waals surface area (Å²) >= 11 is 0.961. The zero-order chi connectivity index (χ0) is 13.1. The van der Waals surface area contributed by atoms with E-state index in [1.807, 2.05) is 0 Å². The van der Waals surface area contributed by atoms with Crippen LogP contribution in [0.25, 0.3) is 0 Å². The summed E-state index contributed by atoms with van der Waals surface area (Å²) in [6.45, 7) is 0.151. The second-order valence-corrected chi connectivity index (χ2v) is 4.36. The monoisotopic (exact) mass is 270 g/mol. The number of hydrogen-bond donors (Lipinski definition) is 2. The van der Waals surface area contributed by atoms with Gasteiger partial charge in [-0.05, 0) is 0 Å². The van der Waals surface area contributed by atoms with Gasteiger partial charge in [-0.15, -0.1) is 5.10 Å². The van der Waals surface area contributed by atoms with Gasteiger partial charge in [0.15, 0.2) is 11.0 Å². The largest absolute Gasteiger partial charge is 0.481 e. The predicted octanol–water partition coefficient (Wildman–Crippen LogP) is -1.08. The Morgan fingerprint density at radius 3 is 3.00 bits per heavy atom. The lowest BCUT2D eigenvalue weighted by Crippen LogP contribution is -2.19. The Hall–Kier alpha value is -2.10. The summed E-state index contributed by atoms with van der Waals surface area (Å²) in [4.78, 5) is 26.0. The number of aromatic nitrogens is 6. The van der Waals surface area contributed by atoms with Crippen molar-refractivity contribution in [2.75, 3.05) is 5.75 Å². The van der Waals surface area contributed by atoms with Gasteiger partial charge in [-0.1, -0.05) is 11.8 Å². The van der Waals surface area contributed by atoms with Crippen molar-refractivity contribution in [2.24, 2.45) is 7.05 Å². The number of thioether (sulfide) groups is 1. The number of rotatable bonds is 5. The minimum Gasteiger partial charge on any atom is -0.481 e. The molecule has 0 atom stereocenters. The number of hydrogen-bond acceptors (Lipinski definition) is 6. The molecule has 0 saturated heterocycles. The Morgan fingerprint density at radius 1 is 1.61 bits per heavy atom. The fourth-order valence-corrected chi connectivity index (χ4v) is 1.94. The summed E-state index contributed by atoms with van der Waals surface area (Å²) in [5.41, 5.74) is -0.421. The molecule has 0 saturated carbocycles. The quantitative estimate of drug-likeness (QED) is 0.663. The maximum atomic E-state index is 11.5. The van der Waals surface area contributed by atoms with Crippen LogP contribution in [0.15, 0.2) is 16.3 Å². The zero-order valence-electron chi connectivity index (χ0n) is 9.40. The highest BCUT2D eigenvalue weighted by molar-refractivity contribution is 7.99. The molecule has 2 heterocycles. The van der Waals surface area contributed by atoms with Crippen LogP contribution in [0.2, 0.25) is 0 Å². The van der Waals surface area contributed by atoms with Crippen LogP contribution in [-0.4, -0.2) is 46.4 Å². The predicted molar refractivity (Wildman–Crippen MR) is 61.3 cm³/mol. The zero-order valence-corrected chi connectivity index (χ0v) is 10.2. The summed E-state index contributed by atoms with van der Waals surface area (Å²) in [6, 6.07) is 0. The first-order valence-corrected chi connectivity index (χ1v) is 5.89. The number of nitrogens with one attached hydrogen (secondary N) is 1. The molecule has 9 nitrogen and oxygen atoms in total. The van der Waals surface area contributed by atoms with Gasteiger partial charge in [0.05, 0.1) is 12.3 Å². The van der Waals surface area contributed by atoms with Crippen LogP contribution in [0, 0.1) is 0 Å². The van der Waals surface area contributed by atoms with E-state index in [0.717, 1.165) is 11.8 Å². The molecule has 2 aromatic rings. The molecule has 2 aromatic heterocycles. The average Bonchev–Trinajstić information content (AvgIpc) is 2.85. The minimum absolute atomic E-state index is 0.151. The molecule has 2 N–H and O–H groups in total. The van der Waals surface area contributed by atoms with Crippen LogP contribution in [0.1, 0.15) is 5.82 Å². The molecule has 0 amide bonds. The molecule has 10 heteroatoms. The molecule has 18 heavy (non-hydrogen) atoms. The van der Waals surface area contributed by atoms with Gasteiger partial charge < -0.3 is 5.11 Å². The van der Waals surface area contributed by atoms with Crippen LogP contribution in [0.3, 0.4) is 0 Å². The summed E-state index contributed by atoms with van der Waals surface area (Å²) in [6.07, 6.45) is 1.52. The second kappa shape index (κ2) is 5.04. The van der Waals surface area contributed by atoms with Crippen LogP contribution in [0.5, 0.6) is 0 Å². The van der Waals surface area contributed by atoms with E-state index in [2.05, 4.69) is 20.3 Å². The van der Waals surface area contributed by atoms with Gasteiger partial charge in [-0.25, -0.2) is 14.9 Å². The van der Waals surface area contributed by atoms with Crippen molar-refractivity contribution in [3.63, 3.8) is 0 Å². The number of carboxylic acids is 1. The highest BCUT2D eigenvalue weighted by atomic mass is 32.2. The number of aryl methyl sites for hydroxylation is 1. The number of aliphatic carboxylic acids is 1. The van der Waals surface area contributed by atoms with E-state index in [-0.39, 0.29) is 12.3 Å². The van der Waals surface area contributed by atoms with Gasteiger partial charge in [0.1, 0.15) is 6.33 Å². The van der Waals surface area contributed by atoms with Crippen molar-refractivity contribution in [3.8, 4) is 0 Å². The maximum Gasteiger partial charge on any atom is 0.344 e. The van der Waals surface area contributed by atoms with Gasteiger partial charge in [0.25, 0.3) is 0 Å². The third kappa shape index (κ3) is 2.77. The minimum atomic E-state index is -0.974. The normalized spacial score (nSPS) is 10.7. The Kier molecular flexibility index (Phi) is 3.46. The van der Waals surface area contributed by atoms with Crippen molar-refractivity contribution in [1.82, 2.24) is 29.5 Å².